The van der Waals surface area contributed by atoms with E-state index in [1.54, 1.807) is 23.6 Å². The van der Waals surface area contributed by atoms with Crippen LogP contribution in [0.1, 0.15) is 38.3 Å². The summed E-state index contributed by atoms with van der Waals surface area (Å²) < 4.78 is 34.0. The third-order valence-electron chi connectivity index (χ3n) is 4.60. The number of aryl methyl sites for hydroxylation is 2. The molecule has 0 saturated carbocycles. The molecular weight excluding hydrogens is 354 g/mol. The number of hydrogen-bond donors (Lipinski definition) is 1. The SMILES string of the molecule is CCc1ccc2c(c1)Sc1c(CC)cccc1N2C(CC)S(=O)(=O)O. The number of fused-ring (bicyclic) bond motifs is 2. The average molecular weight is 378 g/mol. The molecule has 25 heavy (non-hydrogen) atoms. The van der Waals surface area contributed by atoms with E-state index in [1.807, 2.05) is 24.3 Å². The number of rotatable bonds is 5. The first-order chi connectivity index (χ1) is 11.9. The summed E-state index contributed by atoms with van der Waals surface area (Å²) in [6.07, 6.45) is 2.09. The molecule has 3 rings (SSSR count). The Hall–Kier alpha value is -1.50. The molecule has 0 aliphatic carbocycles. The standard InChI is InChI=1S/C19H23NO3S2/c1-4-13-10-11-15-17(12-13)24-19-14(5-2)8-7-9-16(19)20(15)18(6-3)25(21,22)23/h7-12,18H,4-6H2,1-3H3,(H,21,22,23). The van der Waals surface area contributed by atoms with E-state index in [0.29, 0.717) is 6.42 Å². The fourth-order valence-electron chi connectivity index (χ4n) is 3.29. The van der Waals surface area contributed by atoms with Crippen LogP contribution in [-0.2, 0) is 23.0 Å². The van der Waals surface area contributed by atoms with E-state index in [9.17, 15) is 13.0 Å². The van der Waals surface area contributed by atoms with Gasteiger partial charge in [0.2, 0.25) is 0 Å². The van der Waals surface area contributed by atoms with Crippen LogP contribution in [0.2, 0.25) is 0 Å². The third-order valence-corrected chi connectivity index (χ3v) is 7.06. The molecule has 2 aromatic rings. The van der Waals surface area contributed by atoms with Crippen molar-refractivity contribution in [3.63, 3.8) is 0 Å². The van der Waals surface area contributed by atoms with Gasteiger partial charge in [0.05, 0.1) is 11.4 Å². The van der Waals surface area contributed by atoms with E-state index in [-0.39, 0.29) is 0 Å². The Bertz CT molecular complexity index is 894. The Labute approximate surface area is 154 Å². The summed E-state index contributed by atoms with van der Waals surface area (Å²) in [7, 11) is -4.22. The molecule has 1 N–H and O–H groups in total. The molecule has 2 aromatic carbocycles. The van der Waals surface area contributed by atoms with E-state index >= 15 is 0 Å². The summed E-state index contributed by atoms with van der Waals surface area (Å²) in [5.41, 5.74) is 4.09. The van der Waals surface area contributed by atoms with Gasteiger partial charge in [-0.1, -0.05) is 50.7 Å². The van der Waals surface area contributed by atoms with Crippen LogP contribution >= 0.6 is 11.8 Å². The van der Waals surface area contributed by atoms with Crippen LogP contribution in [-0.4, -0.2) is 18.3 Å². The minimum Gasteiger partial charge on any atom is -0.320 e. The maximum atomic E-state index is 12.1. The van der Waals surface area contributed by atoms with Crippen LogP contribution < -0.4 is 4.90 Å². The smallest absolute Gasteiger partial charge is 0.286 e. The van der Waals surface area contributed by atoms with Gasteiger partial charge in [0.15, 0.2) is 5.37 Å². The van der Waals surface area contributed by atoms with Crippen molar-refractivity contribution in [1.82, 2.24) is 0 Å². The second-order valence-electron chi connectivity index (χ2n) is 6.12. The van der Waals surface area contributed by atoms with Crippen molar-refractivity contribution in [2.75, 3.05) is 4.90 Å². The Balaban J connectivity index is 2.27. The molecule has 0 radical (unpaired) electrons. The zero-order valence-electron chi connectivity index (χ0n) is 14.7. The lowest BCUT2D eigenvalue weighted by atomic mass is 10.1. The minimum atomic E-state index is -4.22. The van der Waals surface area contributed by atoms with Crippen molar-refractivity contribution < 1.29 is 13.0 Å². The Morgan fingerprint density at radius 2 is 1.84 bits per heavy atom. The van der Waals surface area contributed by atoms with Crippen molar-refractivity contribution in [3.8, 4) is 0 Å². The minimum absolute atomic E-state index is 0.300. The molecule has 1 heterocycles. The maximum absolute atomic E-state index is 12.1. The molecule has 6 heteroatoms. The van der Waals surface area contributed by atoms with Gasteiger partial charge < -0.3 is 4.90 Å². The quantitative estimate of drug-likeness (QED) is 0.740. The molecule has 134 valence electrons. The molecule has 1 aliphatic heterocycles. The van der Waals surface area contributed by atoms with E-state index in [4.69, 9.17) is 0 Å². The summed E-state index contributed by atoms with van der Waals surface area (Å²) in [5.74, 6) is 0. The van der Waals surface area contributed by atoms with Gasteiger partial charge in [0.25, 0.3) is 10.1 Å². The van der Waals surface area contributed by atoms with E-state index in [2.05, 4.69) is 26.0 Å². The van der Waals surface area contributed by atoms with Gasteiger partial charge in [-0.2, -0.15) is 8.42 Å². The highest BCUT2D eigenvalue weighted by Crippen LogP contribution is 2.51. The molecule has 0 bridgehead atoms. The second-order valence-corrected chi connectivity index (χ2v) is 8.75. The zero-order chi connectivity index (χ0) is 18.2. The van der Waals surface area contributed by atoms with Crippen molar-refractivity contribution in [2.24, 2.45) is 0 Å². The van der Waals surface area contributed by atoms with Gasteiger partial charge >= 0.3 is 0 Å². The van der Waals surface area contributed by atoms with Gasteiger partial charge in [0.1, 0.15) is 0 Å². The normalized spacial score (nSPS) is 14.8. The predicted octanol–water partition coefficient (Wildman–Crippen LogP) is 5.04. The van der Waals surface area contributed by atoms with Gasteiger partial charge in [-0.15, -0.1) is 0 Å². The Morgan fingerprint density at radius 3 is 2.44 bits per heavy atom. The molecule has 1 aliphatic rings. The first-order valence-corrected chi connectivity index (χ1v) is 10.9. The molecule has 4 nitrogen and oxygen atoms in total. The maximum Gasteiger partial charge on any atom is 0.286 e. The summed E-state index contributed by atoms with van der Waals surface area (Å²) in [4.78, 5) is 3.90. The molecule has 1 atom stereocenters. The van der Waals surface area contributed by atoms with Gasteiger partial charge in [0, 0.05) is 9.79 Å². The van der Waals surface area contributed by atoms with Crippen LogP contribution in [0.4, 0.5) is 11.4 Å². The topological polar surface area (TPSA) is 57.6 Å². The fourth-order valence-corrected chi connectivity index (χ4v) is 5.52. The molecule has 0 fully saturated rings. The number of nitrogens with zero attached hydrogens (tertiary/aromatic N) is 1. The lowest BCUT2D eigenvalue weighted by Crippen LogP contribution is -2.38. The molecule has 0 spiro atoms. The number of benzene rings is 2. The van der Waals surface area contributed by atoms with E-state index < -0.39 is 15.5 Å². The molecule has 0 aromatic heterocycles. The van der Waals surface area contributed by atoms with Crippen molar-refractivity contribution in [2.45, 2.75) is 55.2 Å². The van der Waals surface area contributed by atoms with Crippen LogP contribution in [0.15, 0.2) is 46.2 Å². The Kier molecular flexibility index (Phi) is 5.14. The first kappa shape index (κ1) is 18.3. The summed E-state index contributed by atoms with van der Waals surface area (Å²) in [6, 6.07) is 12.1. The molecule has 0 saturated heterocycles. The first-order valence-electron chi connectivity index (χ1n) is 8.58. The van der Waals surface area contributed by atoms with E-state index in [0.717, 1.165) is 34.0 Å². The largest absolute Gasteiger partial charge is 0.320 e. The lowest BCUT2D eigenvalue weighted by molar-refractivity contribution is 0.464. The summed E-state index contributed by atoms with van der Waals surface area (Å²) in [5, 5.41) is -0.995. The fraction of sp³-hybridized carbons (Fsp3) is 0.368. The second kappa shape index (κ2) is 7.02. The highest BCUT2D eigenvalue weighted by atomic mass is 32.2. The van der Waals surface area contributed by atoms with Crippen molar-refractivity contribution in [1.29, 1.82) is 0 Å². The van der Waals surface area contributed by atoms with E-state index in [1.165, 1.54) is 11.1 Å². The Morgan fingerprint density at radius 1 is 1.08 bits per heavy atom. The lowest BCUT2D eigenvalue weighted by Gasteiger charge is -2.37. The van der Waals surface area contributed by atoms with Gasteiger partial charge in [-0.05, 0) is 48.6 Å². The average Bonchev–Trinajstić information content (AvgIpc) is 2.59. The van der Waals surface area contributed by atoms with Crippen LogP contribution in [0.5, 0.6) is 0 Å². The van der Waals surface area contributed by atoms with Gasteiger partial charge in [-0.3, -0.25) is 4.55 Å². The monoisotopic (exact) mass is 377 g/mol. The highest BCUT2D eigenvalue weighted by molar-refractivity contribution is 7.99. The number of hydrogen-bond acceptors (Lipinski definition) is 4. The zero-order valence-corrected chi connectivity index (χ0v) is 16.3. The van der Waals surface area contributed by atoms with Crippen molar-refractivity contribution >= 4 is 33.3 Å². The van der Waals surface area contributed by atoms with Crippen molar-refractivity contribution in [3.05, 3.63) is 47.5 Å². The summed E-state index contributed by atoms with van der Waals surface area (Å²) in [6.45, 7) is 5.98. The highest BCUT2D eigenvalue weighted by Gasteiger charge is 2.35. The third kappa shape index (κ3) is 3.30. The molecular formula is C19H23NO3S2. The molecule has 0 amide bonds. The summed E-state index contributed by atoms with van der Waals surface area (Å²) >= 11 is 1.69. The predicted molar refractivity (Wildman–Crippen MR) is 104 cm³/mol. The van der Waals surface area contributed by atoms with Crippen LogP contribution in [0.25, 0.3) is 0 Å². The van der Waals surface area contributed by atoms with Crippen LogP contribution in [0.3, 0.4) is 0 Å². The molecule has 1 unspecified atom stereocenters. The van der Waals surface area contributed by atoms with Crippen LogP contribution in [0, 0.1) is 0 Å². The van der Waals surface area contributed by atoms with Gasteiger partial charge in [-0.25, -0.2) is 0 Å². The number of anilines is 2.